The molecule has 0 atom stereocenters. The maximum Gasteiger partial charge on any atom is 0.0731 e. The molecular formula is C10H16N2O. The van der Waals surface area contributed by atoms with Gasteiger partial charge in [0.05, 0.1) is 6.61 Å². The second kappa shape index (κ2) is 6.57. The normalized spacial score (nSPS) is 10.2. The molecule has 72 valence electrons. The van der Waals surface area contributed by atoms with E-state index in [2.05, 4.69) is 10.3 Å². The smallest absolute Gasteiger partial charge is 0.0731 e. The van der Waals surface area contributed by atoms with Crippen LogP contribution in [0.25, 0.3) is 0 Å². The average Bonchev–Trinajstić information content (AvgIpc) is 2.19. The minimum absolute atomic E-state index is 0.664. The van der Waals surface area contributed by atoms with Crippen molar-refractivity contribution in [1.82, 2.24) is 10.3 Å². The first-order valence-electron chi connectivity index (χ1n) is 4.54. The fourth-order valence-corrected chi connectivity index (χ4v) is 1.02. The number of rotatable bonds is 6. The minimum atomic E-state index is 0.664. The molecule has 0 fully saturated rings. The lowest BCUT2D eigenvalue weighted by atomic mass is 10.3. The van der Waals surface area contributed by atoms with Crippen LogP contribution in [-0.4, -0.2) is 25.2 Å². The van der Waals surface area contributed by atoms with Crippen molar-refractivity contribution < 1.29 is 4.74 Å². The molecule has 0 saturated heterocycles. The van der Waals surface area contributed by atoms with Crippen molar-refractivity contribution in [3.8, 4) is 0 Å². The van der Waals surface area contributed by atoms with Gasteiger partial charge in [0, 0.05) is 19.0 Å². The van der Waals surface area contributed by atoms with E-state index >= 15 is 0 Å². The van der Waals surface area contributed by atoms with E-state index in [1.165, 1.54) is 0 Å². The number of ether oxygens (including phenoxy) is 1. The molecule has 0 aromatic carbocycles. The highest BCUT2D eigenvalue weighted by atomic mass is 16.5. The third kappa shape index (κ3) is 4.60. The van der Waals surface area contributed by atoms with Crippen molar-refractivity contribution >= 4 is 0 Å². The van der Waals surface area contributed by atoms with E-state index in [4.69, 9.17) is 4.74 Å². The quantitative estimate of drug-likeness (QED) is 0.668. The molecule has 0 aliphatic rings. The maximum atomic E-state index is 5.44. The monoisotopic (exact) mass is 180 g/mol. The Morgan fingerprint density at radius 2 is 2.46 bits per heavy atom. The third-order valence-electron chi connectivity index (χ3n) is 1.71. The van der Waals surface area contributed by atoms with Crippen molar-refractivity contribution in [2.75, 3.05) is 20.2 Å². The van der Waals surface area contributed by atoms with Crippen LogP contribution in [0, 0.1) is 0 Å². The highest BCUT2D eigenvalue weighted by Crippen LogP contribution is 1.97. The van der Waals surface area contributed by atoms with Crippen LogP contribution >= 0.6 is 0 Å². The minimum Gasteiger partial charge on any atom is -0.377 e. The van der Waals surface area contributed by atoms with Crippen molar-refractivity contribution in [1.29, 1.82) is 0 Å². The summed E-state index contributed by atoms with van der Waals surface area (Å²) in [5.41, 5.74) is 1.13. The van der Waals surface area contributed by atoms with E-state index in [1.807, 2.05) is 25.4 Å². The van der Waals surface area contributed by atoms with E-state index in [0.717, 1.165) is 25.1 Å². The zero-order valence-electron chi connectivity index (χ0n) is 7.99. The van der Waals surface area contributed by atoms with E-state index in [0.29, 0.717) is 6.61 Å². The molecule has 0 aliphatic heterocycles. The Balaban J connectivity index is 2.07. The molecule has 13 heavy (non-hydrogen) atoms. The molecule has 1 N–H and O–H groups in total. The summed E-state index contributed by atoms with van der Waals surface area (Å²) in [6.45, 7) is 2.47. The Kier molecular flexibility index (Phi) is 5.13. The molecule has 3 nitrogen and oxygen atoms in total. The molecule has 0 unspecified atom stereocenters. The number of aromatic nitrogens is 1. The standard InChI is InChI=1S/C10H16N2O/c1-11-5-3-7-13-9-10-4-2-6-12-8-10/h2,4,6,8,11H,3,5,7,9H2,1H3. The number of nitrogens with one attached hydrogen (secondary N) is 1. The van der Waals surface area contributed by atoms with E-state index in [9.17, 15) is 0 Å². The largest absolute Gasteiger partial charge is 0.377 e. The number of hydrogen-bond acceptors (Lipinski definition) is 3. The van der Waals surface area contributed by atoms with E-state index < -0.39 is 0 Å². The number of hydrogen-bond donors (Lipinski definition) is 1. The van der Waals surface area contributed by atoms with Crippen molar-refractivity contribution in [3.05, 3.63) is 30.1 Å². The SMILES string of the molecule is CNCCCOCc1cccnc1. The summed E-state index contributed by atoms with van der Waals surface area (Å²) in [4.78, 5) is 4.01. The summed E-state index contributed by atoms with van der Waals surface area (Å²) < 4.78 is 5.44. The Labute approximate surface area is 79.1 Å². The summed E-state index contributed by atoms with van der Waals surface area (Å²) in [5, 5.41) is 3.07. The van der Waals surface area contributed by atoms with Gasteiger partial charge < -0.3 is 10.1 Å². The first kappa shape index (κ1) is 10.2. The fraction of sp³-hybridized carbons (Fsp3) is 0.500. The van der Waals surface area contributed by atoms with Crippen LogP contribution in [0.2, 0.25) is 0 Å². The Bertz CT molecular complexity index is 213. The summed E-state index contributed by atoms with van der Waals surface area (Å²) in [6.07, 6.45) is 4.65. The van der Waals surface area contributed by atoms with Gasteiger partial charge in [-0.15, -0.1) is 0 Å². The van der Waals surface area contributed by atoms with Crippen LogP contribution in [0.15, 0.2) is 24.5 Å². The van der Waals surface area contributed by atoms with Crippen LogP contribution in [0.5, 0.6) is 0 Å². The predicted molar refractivity (Wildman–Crippen MR) is 52.4 cm³/mol. The number of nitrogens with zero attached hydrogens (tertiary/aromatic N) is 1. The second-order valence-electron chi connectivity index (χ2n) is 2.87. The third-order valence-corrected chi connectivity index (χ3v) is 1.71. The lowest BCUT2D eigenvalue weighted by Gasteiger charge is -2.03. The molecule has 1 aromatic heterocycles. The van der Waals surface area contributed by atoms with Gasteiger partial charge in [-0.25, -0.2) is 0 Å². The highest BCUT2D eigenvalue weighted by Gasteiger charge is 1.91. The van der Waals surface area contributed by atoms with Crippen molar-refractivity contribution in [2.45, 2.75) is 13.0 Å². The average molecular weight is 180 g/mol. The Morgan fingerprint density at radius 3 is 3.15 bits per heavy atom. The van der Waals surface area contributed by atoms with Gasteiger partial charge in [0.2, 0.25) is 0 Å². The van der Waals surface area contributed by atoms with Crippen LogP contribution in [0.4, 0.5) is 0 Å². The van der Waals surface area contributed by atoms with Crippen molar-refractivity contribution in [2.24, 2.45) is 0 Å². The van der Waals surface area contributed by atoms with Crippen LogP contribution in [-0.2, 0) is 11.3 Å². The molecule has 1 aromatic rings. The van der Waals surface area contributed by atoms with E-state index in [-0.39, 0.29) is 0 Å². The van der Waals surface area contributed by atoms with Gasteiger partial charge in [-0.1, -0.05) is 6.07 Å². The summed E-state index contributed by atoms with van der Waals surface area (Å²) >= 11 is 0. The molecule has 1 rings (SSSR count). The molecule has 3 heteroatoms. The second-order valence-corrected chi connectivity index (χ2v) is 2.87. The Hall–Kier alpha value is -0.930. The highest BCUT2D eigenvalue weighted by molar-refractivity contribution is 5.06. The predicted octanol–water partition coefficient (Wildman–Crippen LogP) is 1.21. The van der Waals surface area contributed by atoms with Crippen molar-refractivity contribution in [3.63, 3.8) is 0 Å². The molecule has 0 radical (unpaired) electrons. The fourth-order valence-electron chi connectivity index (χ4n) is 1.02. The zero-order valence-corrected chi connectivity index (χ0v) is 7.99. The first-order chi connectivity index (χ1) is 6.43. The first-order valence-corrected chi connectivity index (χ1v) is 4.54. The molecule has 0 spiro atoms. The lowest BCUT2D eigenvalue weighted by molar-refractivity contribution is 0.118. The van der Waals surface area contributed by atoms with Gasteiger partial charge in [0.25, 0.3) is 0 Å². The molecule has 1 heterocycles. The van der Waals surface area contributed by atoms with Gasteiger partial charge in [0.1, 0.15) is 0 Å². The molecule has 0 aliphatic carbocycles. The molecule has 0 saturated carbocycles. The number of pyridine rings is 1. The Morgan fingerprint density at radius 1 is 1.54 bits per heavy atom. The van der Waals surface area contributed by atoms with Crippen LogP contribution in [0.1, 0.15) is 12.0 Å². The molecular weight excluding hydrogens is 164 g/mol. The van der Waals surface area contributed by atoms with Gasteiger partial charge in [0.15, 0.2) is 0 Å². The van der Waals surface area contributed by atoms with E-state index in [1.54, 1.807) is 6.20 Å². The van der Waals surface area contributed by atoms with Gasteiger partial charge in [-0.2, -0.15) is 0 Å². The maximum absolute atomic E-state index is 5.44. The summed E-state index contributed by atoms with van der Waals surface area (Å²) in [7, 11) is 1.95. The van der Waals surface area contributed by atoms with Crippen LogP contribution < -0.4 is 5.32 Å². The van der Waals surface area contributed by atoms with Crippen LogP contribution in [0.3, 0.4) is 0 Å². The molecule has 0 bridgehead atoms. The summed E-state index contributed by atoms with van der Waals surface area (Å²) in [6, 6.07) is 3.94. The van der Waals surface area contributed by atoms with Gasteiger partial charge >= 0.3 is 0 Å². The molecule has 0 amide bonds. The van der Waals surface area contributed by atoms with Gasteiger partial charge in [-0.3, -0.25) is 4.98 Å². The zero-order chi connectivity index (χ0) is 9.36. The topological polar surface area (TPSA) is 34.1 Å². The van der Waals surface area contributed by atoms with Gasteiger partial charge in [-0.05, 0) is 31.6 Å². The summed E-state index contributed by atoms with van der Waals surface area (Å²) in [5.74, 6) is 0. The lowest BCUT2D eigenvalue weighted by Crippen LogP contribution is -2.10.